The van der Waals surface area contributed by atoms with E-state index in [2.05, 4.69) is 26.2 Å². The van der Waals surface area contributed by atoms with Crippen molar-refractivity contribution in [1.82, 2.24) is 10.3 Å². The van der Waals surface area contributed by atoms with Crippen molar-refractivity contribution in [2.75, 3.05) is 7.05 Å². The Kier molecular flexibility index (Phi) is 4.68. The first-order valence-corrected chi connectivity index (χ1v) is 7.09. The van der Waals surface area contributed by atoms with E-state index >= 15 is 0 Å². The molecule has 0 spiro atoms. The predicted molar refractivity (Wildman–Crippen MR) is 79.0 cm³/mol. The van der Waals surface area contributed by atoms with Gasteiger partial charge in [-0.1, -0.05) is 6.07 Å². The van der Waals surface area contributed by atoms with E-state index < -0.39 is 11.7 Å². The lowest BCUT2D eigenvalue weighted by Gasteiger charge is -2.20. The molecule has 2 aromatic rings. The highest BCUT2D eigenvalue weighted by Gasteiger charge is 2.31. The van der Waals surface area contributed by atoms with Gasteiger partial charge >= 0.3 is 6.18 Å². The largest absolute Gasteiger partial charge is 0.416 e. The van der Waals surface area contributed by atoms with Gasteiger partial charge in [0.2, 0.25) is 0 Å². The number of nitrogens with zero attached hydrogens (tertiary/aromatic N) is 1. The normalized spacial score (nSPS) is 13.2. The van der Waals surface area contributed by atoms with Gasteiger partial charge in [0.25, 0.3) is 0 Å². The van der Waals surface area contributed by atoms with Crippen molar-refractivity contribution in [2.24, 2.45) is 0 Å². The molecule has 6 heteroatoms. The van der Waals surface area contributed by atoms with Gasteiger partial charge < -0.3 is 5.32 Å². The number of alkyl halides is 3. The van der Waals surface area contributed by atoms with Crippen LogP contribution < -0.4 is 5.32 Å². The minimum Gasteiger partial charge on any atom is -0.308 e. The van der Waals surface area contributed by atoms with Crippen LogP contribution in [0, 0.1) is 6.92 Å². The van der Waals surface area contributed by atoms with Gasteiger partial charge in [-0.25, -0.2) is 0 Å². The van der Waals surface area contributed by atoms with Crippen molar-refractivity contribution >= 4 is 15.9 Å². The molecule has 0 saturated heterocycles. The third-order valence-electron chi connectivity index (χ3n) is 3.26. The van der Waals surface area contributed by atoms with E-state index in [1.165, 1.54) is 6.07 Å². The van der Waals surface area contributed by atoms with Crippen molar-refractivity contribution in [3.63, 3.8) is 0 Å². The minimum atomic E-state index is -4.33. The maximum absolute atomic E-state index is 12.7. The first-order chi connectivity index (χ1) is 9.84. The maximum atomic E-state index is 12.7. The first kappa shape index (κ1) is 16.0. The number of aromatic nitrogens is 1. The Morgan fingerprint density at radius 1 is 1.24 bits per heavy atom. The summed E-state index contributed by atoms with van der Waals surface area (Å²) in [4.78, 5) is 4.31. The van der Waals surface area contributed by atoms with E-state index in [1.54, 1.807) is 26.2 Å². The number of pyridine rings is 1. The highest BCUT2D eigenvalue weighted by Crippen LogP contribution is 2.33. The second-order valence-electron chi connectivity index (χ2n) is 4.66. The minimum absolute atomic E-state index is 0.275. The van der Waals surface area contributed by atoms with Crippen molar-refractivity contribution in [1.29, 1.82) is 0 Å². The van der Waals surface area contributed by atoms with Gasteiger partial charge in [0, 0.05) is 10.7 Å². The molecule has 2 nitrogen and oxygen atoms in total. The van der Waals surface area contributed by atoms with Crippen molar-refractivity contribution in [2.45, 2.75) is 19.1 Å². The summed E-state index contributed by atoms with van der Waals surface area (Å²) in [6, 6.07) is 7.13. The molecular formula is C15H14BrF3N2. The van der Waals surface area contributed by atoms with Crippen LogP contribution in [0.2, 0.25) is 0 Å². The summed E-state index contributed by atoms with van der Waals surface area (Å²) in [5.41, 5.74) is 1.44. The van der Waals surface area contributed by atoms with Crippen LogP contribution in [0.3, 0.4) is 0 Å². The van der Waals surface area contributed by atoms with Gasteiger partial charge in [-0.3, -0.25) is 4.98 Å². The Balaban J connectivity index is 2.47. The average molecular weight is 359 g/mol. The van der Waals surface area contributed by atoms with Crippen LogP contribution in [0.4, 0.5) is 13.2 Å². The van der Waals surface area contributed by atoms with Crippen LogP contribution >= 0.6 is 15.9 Å². The van der Waals surface area contributed by atoms with Crippen LogP contribution in [-0.4, -0.2) is 12.0 Å². The van der Waals surface area contributed by atoms with Gasteiger partial charge in [-0.15, -0.1) is 0 Å². The number of rotatable bonds is 3. The topological polar surface area (TPSA) is 24.9 Å². The van der Waals surface area contributed by atoms with Crippen LogP contribution in [0.5, 0.6) is 0 Å². The molecule has 0 fully saturated rings. The summed E-state index contributed by atoms with van der Waals surface area (Å²) >= 11 is 3.42. The van der Waals surface area contributed by atoms with E-state index in [1.807, 2.05) is 6.07 Å². The quantitative estimate of drug-likeness (QED) is 0.874. The Hall–Kier alpha value is -1.40. The van der Waals surface area contributed by atoms with Crippen LogP contribution in [0.15, 0.2) is 41.0 Å². The highest BCUT2D eigenvalue weighted by atomic mass is 79.9. The number of halogens is 4. The monoisotopic (exact) mass is 358 g/mol. The number of aryl methyl sites for hydroxylation is 1. The summed E-state index contributed by atoms with van der Waals surface area (Å²) in [6.45, 7) is 1.67. The van der Waals surface area contributed by atoms with Gasteiger partial charge in [0.15, 0.2) is 0 Å². The van der Waals surface area contributed by atoms with Crippen molar-refractivity contribution in [3.05, 3.63) is 63.4 Å². The Labute approximate surface area is 129 Å². The lowest BCUT2D eigenvalue weighted by Crippen LogP contribution is -2.20. The van der Waals surface area contributed by atoms with Crippen molar-refractivity contribution < 1.29 is 13.2 Å². The SMILES string of the molecule is CNC(c1ccc(C(F)(F)F)cc1C)c1ncccc1Br. The molecule has 1 aromatic carbocycles. The van der Waals surface area contributed by atoms with E-state index in [9.17, 15) is 13.2 Å². The number of nitrogens with one attached hydrogen (secondary N) is 1. The van der Waals surface area contributed by atoms with Crippen LogP contribution in [0.25, 0.3) is 0 Å². The molecule has 0 aliphatic rings. The molecule has 0 aliphatic heterocycles. The zero-order valence-electron chi connectivity index (χ0n) is 11.5. The fraction of sp³-hybridized carbons (Fsp3) is 0.267. The fourth-order valence-electron chi connectivity index (χ4n) is 2.23. The average Bonchev–Trinajstić information content (AvgIpc) is 2.42. The lowest BCUT2D eigenvalue weighted by molar-refractivity contribution is -0.137. The number of hydrogen-bond acceptors (Lipinski definition) is 2. The summed E-state index contributed by atoms with van der Waals surface area (Å²) in [7, 11) is 1.75. The molecule has 0 amide bonds. The number of hydrogen-bond donors (Lipinski definition) is 1. The summed E-state index contributed by atoms with van der Waals surface area (Å²) in [5.74, 6) is 0. The second-order valence-corrected chi connectivity index (χ2v) is 5.52. The molecule has 2 rings (SSSR count). The van der Waals surface area contributed by atoms with Gasteiger partial charge in [-0.05, 0) is 65.3 Å². The molecule has 1 N–H and O–H groups in total. The second kappa shape index (κ2) is 6.15. The lowest BCUT2D eigenvalue weighted by atomic mass is 9.96. The standard InChI is InChI=1S/C15H14BrF3N2/c1-9-8-10(15(17,18)19)5-6-11(9)13(20-2)14-12(16)4-3-7-21-14/h3-8,13,20H,1-2H3. The van der Waals surface area contributed by atoms with Crippen LogP contribution in [-0.2, 0) is 6.18 Å². The Morgan fingerprint density at radius 2 is 1.95 bits per heavy atom. The molecule has 21 heavy (non-hydrogen) atoms. The molecule has 1 heterocycles. The molecule has 0 saturated carbocycles. The van der Waals surface area contributed by atoms with E-state index in [0.717, 1.165) is 27.9 Å². The van der Waals surface area contributed by atoms with Crippen LogP contribution in [0.1, 0.15) is 28.4 Å². The smallest absolute Gasteiger partial charge is 0.308 e. The number of benzene rings is 1. The zero-order chi connectivity index (χ0) is 15.6. The molecule has 1 aromatic heterocycles. The van der Waals surface area contributed by atoms with E-state index in [0.29, 0.717) is 5.56 Å². The Bertz CT molecular complexity index is 641. The molecular weight excluding hydrogens is 345 g/mol. The molecule has 0 radical (unpaired) electrons. The zero-order valence-corrected chi connectivity index (χ0v) is 13.1. The molecule has 1 atom stereocenters. The highest BCUT2D eigenvalue weighted by molar-refractivity contribution is 9.10. The maximum Gasteiger partial charge on any atom is 0.416 e. The summed E-state index contributed by atoms with van der Waals surface area (Å²) in [6.07, 6.45) is -2.67. The fourth-order valence-corrected chi connectivity index (χ4v) is 2.71. The van der Waals surface area contributed by atoms with Crippen molar-refractivity contribution in [3.8, 4) is 0 Å². The first-order valence-electron chi connectivity index (χ1n) is 6.30. The molecule has 112 valence electrons. The molecule has 1 unspecified atom stereocenters. The Morgan fingerprint density at radius 3 is 2.48 bits per heavy atom. The van der Waals surface area contributed by atoms with Gasteiger partial charge in [-0.2, -0.15) is 13.2 Å². The summed E-state index contributed by atoms with van der Waals surface area (Å²) in [5, 5.41) is 3.10. The third-order valence-corrected chi connectivity index (χ3v) is 3.93. The van der Waals surface area contributed by atoms with Gasteiger partial charge in [0.1, 0.15) is 0 Å². The molecule has 0 aliphatic carbocycles. The third kappa shape index (κ3) is 3.44. The van der Waals surface area contributed by atoms with E-state index in [-0.39, 0.29) is 6.04 Å². The van der Waals surface area contributed by atoms with Gasteiger partial charge in [0.05, 0.1) is 17.3 Å². The van der Waals surface area contributed by atoms with E-state index in [4.69, 9.17) is 0 Å². The predicted octanol–water partition coefficient (Wildman–Crippen LogP) is 4.48. The molecule has 0 bridgehead atoms. The summed E-state index contributed by atoms with van der Waals surface area (Å²) < 4.78 is 39.0.